The van der Waals surface area contributed by atoms with Crippen molar-refractivity contribution in [2.75, 3.05) is 6.61 Å². The third-order valence-electron chi connectivity index (χ3n) is 3.63. The fourth-order valence-electron chi connectivity index (χ4n) is 2.61. The number of ketones is 1. The van der Waals surface area contributed by atoms with E-state index in [9.17, 15) is 9.59 Å². The molecule has 0 saturated carbocycles. The molecule has 0 aromatic heterocycles. The van der Waals surface area contributed by atoms with E-state index in [1.165, 1.54) is 6.92 Å². The molecule has 0 radical (unpaired) electrons. The number of aryl methyl sites for hydroxylation is 1. The summed E-state index contributed by atoms with van der Waals surface area (Å²) in [7, 11) is 0. The van der Waals surface area contributed by atoms with Crippen LogP contribution in [0.1, 0.15) is 54.7 Å². The maximum absolute atomic E-state index is 12.2. The van der Waals surface area contributed by atoms with Gasteiger partial charge in [0.2, 0.25) is 5.91 Å². The van der Waals surface area contributed by atoms with Gasteiger partial charge in [-0.25, -0.2) is 0 Å². The summed E-state index contributed by atoms with van der Waals surface area (Å²) in [6, 6.07) is 3.53. The number of rotatable bonds is 4. The van der Waals surface area contributed by atoms with Crippen molar-refractivity contribution in [1.29, 1.82) is 0 Å². The van der Waals surface area contributed by atoms with Crippen LogP contribution < -0.4 is 10.1 Å². The molecule has 1 aromatic carbocycles. The van der Waals surface area contributed by atoms with Crippen LogP contribution in [0.3, 0.4) is 0 Å². The fraction of sp³-hybridized carbons (Fsp3) is 0.500. The average molecular weight is 310 g/mol. The van der Waals surface area contributed by atoms with Crippen molar-refractivity contribution in [3.63, 3.8) is 0 Å². The molecule has 114 valence electrons. The molecular formula is C16H20ClNO3. The Morgan fingerprint density at radius 2 is 2.19 bits per heavy atom. The van der Waals surface area contributed by atoms with Crippen LogP contribution in [0.4, 0.5) is 0 Å². The number of carbonyl (C=O) groups is 2. The highest BCUT2D eigenvalue weighted by molar-refractivity contribution is 6.33. The summed E-state index contributed by atoms with van der Waals surface area (Å²) in [5.41, 5.74) is 2.42. The number of nitrogens with one attached hydrogen (secondary N) is 1. The molecule has 21 heavy (non-hydrogen) atoms. The van der Waals surface area contributed by atoms with E-state index < -0.39 is 5.38 Å². The zero-order valence-corrected chi connectivity index (χ0v) is 13.3. The number of amides is 1. The minimum absolute atomic E-state index is 0.0895. The Labute approximate surface area is 129 Å². The Kier molecular flexibility index (Phi) is 4.88. The van der Waals surface area contributed by atoms with Crippen molar-refractivity contribution in [3.8, 4) is 5.75 Å². The number of hydrogen-bond donors (Lipinski definition) is 1. The lowest BCUT2D eigenvalue weighted by molar-refractivity contribution is -0.119. The Bertz CT molecular complexity index is 569. The quantitative estimate of drug-likeness (QED) is 0.687. The standard InChI is InChI=1S/C16H20ClNO3/c1-4-11-7-12(15(20)9(2)17)8-13-14(18-10(3)19)5-6-21-16(11)13/h7-9,14H,4-6H2,1-3H3,(H,18,19). The van der Waals surface area contributed by atoms with Gasteiger partial charge in [-0.1, -0.05) is 6.92 Å². The van der Waals surface area contributed by atoms with Gasteiger partial charge in [-0.05, 0) is 31.0 Å². The molecule has 1 amide bonds. The first kappa shape index (κ1) is 15.8. The molecule has 2 rings (SSSR count). The van der Waals surface area contributed by atoms with Crippen LogP contribution in [0.15, 0.2) is 12.1 Å². The number of hydrogen-bond acceptors (Lipinski definition) is 3. The molecule has 1 heterocycles. The zero-order chi connectivity index (χ0) is 15.6. The summed E-state index contributed by atoms with van der Waals surface area (Å²) in [6.45, 7) is 5.73. The van der Waals surface area contributed by atoms with Gasteiger partial charge in [-0.15, -0.1) is 11.6 Å². The lowest BCUT2D eigenvalue weighted by Crippen LogP contribution is -2.31. The van der Waals surface area contributed by atoms with Crippen LogP contribution in [-0.4, -0.2) is 23.7 Å². The number of alkyl halides is 1. The normalized spacial score (nSPS) is 18.4. The van der Waals surface area contributed by atoms with E-state index in [4.69, 9.17) is 16.3 Å². The van der Waals surface area contributed by atoms with Crippen molar-refractivity contribution >= 4 is 23.3 Å². The minimum atomic E-state index is -0.573. The minimum Gasteiger partial charge on any atom is -0.493 e. The largest absolute Gasteiger partial charge is 0.493 e. The van der Waals surface area contributed by atoms with Gasteiger partial charge in [0.25, 0.3) is 0 Å². The first-order valence-corrected chi connectivity index (χ1v) is 7.62. The second kappa shape index (κ2) is 6.48. The highest BCUT2D eigenvalue weighted by Gasteiger charge is 2.26. The van der Waals surface area contributed by atoms with Gasteiger partial charge < -0.3 is 10.1 Å². The molecule has 0 fully saturated rings. The first-order chi connectivity index (χ1) is 9.93. The number of ether oxygens (including phenoxy) is 1. The lowest BCUT2D eigenvalue weighted by atomic mass is 9.92. The van der Waals surface area contributed by atoms with Gasteiger partial charge in [0, 0.05) is 24.5 Å². The van der Waals surface area contributed by atoms with Crippen LogP contribution >= 0.6 is 11.6 Å². The van der Waals surface area contributed by atoms with Crippen LogP contribution in [0.25, 0.3) is 0 Å². The topological polar surface area (TPSA) is 55.4 Å². The van der Waals surface area contributed by atoms with Crippen molar-refractivity contribution in [2.24, 2.45) is 0 Å². The van der Waals surface area contributed by atoms with Crippen LogP contribution in [0.2, 0.25) is 0 Å². The second-order valence-corrected chi connectivity index (χ2v) is 5.93. The first-order valence-electron chi connectivity index (χ1n) is 7.19. The number of fused-ring (bicyclic) bond motifs is 1. The number of carbonyl (C=O) groups excluding carboxylic acids is 2. The molecule has 0 aliphatic carbocycles. The van der Waals surface area contributed by atoms with Gasteiger partial charge in [-0.2, -0.15) is 0 Å². The van der Waals surface area contributed by atoms with Crippen LogP contribution in [0.5, 0.6) is 5.75 Å². The summed E-state index contributed by atoms with van der Waals surface area (Å²) in [6.07, 6.45) is 1.46. The van der Waals surface area contributed by atoms with E-state index in [1.54, 1.807) is 13.0 Å². The Balaban J connectivity index is 2.50. The molecule has 5 heteroatoms. The van der Waals surface area contributed by atoms with Gasteiger partial charge in [0.05, 0.1) is 18.0 Å². The summed E-state index contributed by atoms with van der Waals surface area (Å²) >= 11 is 5.91. The number of halogens is 1. The molecule has 0 bridgehead atoms. The van der Waals surface area contributed by atoms with Gasteiger partial charge in [-0.3, -0.25) is 9.59 Å². The SMILES string of the molecule is CCc1cc(C(=O)C(C)Cl)cc2c1OCCC2NC(C)=O. The lowest BCUT2D eigenvalue weighted by Gasteiger charge is -2.28. The van der Waals surface area contributed by atoms with Crippen molar-refractivity contribution in [3.05, 3.63) is 28.8 Å². The molecule has 1 aromatic rings. The van der Waals surface area contributed by atoms with E-state index in [2.05, 4.69) is 5.32 Å². The summed E-state index contributed by atoms with van der Waals surface area (Å²) in [4.78, 5) is 23.5. The van der Waals surface area contributed by atoms with E-state index in [0.29, 0.717) is 18.6 Å². The van der Waals surface area contributed by atoms with Crippen molar-refractivity contribution in [2.45, 2.75) is 45.0 Å². The fourth-order valence-corrected chi connectivity index (χ4v) is 2.74. The second-order valence-electron chi connectivity index (χ2n) is 5.28. The Hall–Kier alpha value is -1.55. The van der Waals surface area contributed by atoms with E-state index in [0.717, 1.165) is 23.3 Å². The monoisotopic (exact) mass is 309 g/mol. The third kappa shape index (κ3) is 3.38. The molecule has 4 nitrogen and oxygen atoms in total. The molecular weight excluding hydrogens is 290 g/mol. The van der Waals surface area contributed by atoms with E-state index >= 15 is 0 Å². The molecule has 0 saturated heterocycles. The summed E-state index contributed by atoms with van der Waals surface area (Å²) < 4.78 is 5.76. The van der Waals surface area contributed by atoms with Crippen LogP contribution in [0, 0.1) is 0 Å². The van der Waals surface area contributed by atoms with Gasteiger partial charge >= 0.3 is 0 Å². The average Bonchev–Trinajstić information content (AvgIpc) is 2.45. The predicted octanol–water partition coefficient (Wildman–Crippen LogP) is 3.02. The smallest absolute Gasteiger partial charge is 0.217 e. The van der Waals surface area contributed by atoms with E-state index in [1.807, 2.05) is 13.0 Å². The molecule has 2 unspecified atom stereocenters. The third-order valence-corrected chi connectivity index (χ3v) is 3.83. The van der Waals surface area contributed by atoms with Gasteiger partial charge in [0.1, 0.15) is 5.75 Å². The maximum atomic E-state index is 12.2. The number of benzene rings is 1. The highest BCUT2D eigenvalue weighted by atomic mass is 35.5. The Morgan fingerprint density at radius 1 is 1.48 bits per heavy atom. The maximum Gasteiger partial charge on any atom is 0.217 e. The van der Waals surface area contributed by atoms with Crippen molar-refractivity contribution < 1.29 is 14.3 Å². The molecule has 1 aliphatic rings. The van der Waals surface area contributed by atoms with Crippen molar-refractivity contribution in [1.82, 2.24) is 5.32 Å². The van der Waals surface area contributed by atoms with E-state index in [-0.39, 0.29) is 17.7 Å². The van der Waals surface area contributed by atoms with Crippen LogP contribution in [-0.2, 0) is 11.2 Å². The predicted molar refractivity (Wildman–Crippen MR) is 82.1 cm³/mol. The highest BCUT2D eigenvalue weighted by Crippen LogP contribution is 2.37. The zero-order valence-electron chi connectivity index (χ0n) is 12.5. The summed E-state index contributed by atoms with van der Waals surface area (Å²) in [5.74, 6) is 0.593. The summed E-state index contributed by atoms with van der Waals surface area (Å²) in [5, 5.41) is 2.35. The molecule has 1 N–H and O–H groups in total. The number of Topliss-reactive ketones (excluding diaryl/α,β-unsaturated/α-hetero) is 1. The molecule has 2 atom stereocenters. The molecule has 1 aliphatic heterocycles. The Morgan fingerprint density at radius 3 is 2.76 bits per heavy atom. The van der Waals surface area contributed by atoms with Gasteiger partial charge in [0.15, 0.2) is 5.78 Å². The molecule has 0 spiro atoms.